The Hall–Kier alpha value is 0.140. The first kappa shape index (κ1) is 14.5. The second-order valence-corrected chi connectivity index (χ2v) is 8.49. The van der Waals surface area contributed by atoms with Crippen LogP contribution in [0.15, 0.2) is 15.9 Å². The number of thiophene rings is 1. The van der Waals surface area contributed by atoms with Crippen LogP contribution in [0.3, 0.4) is 0 Å². The van der Waals surface area contributed by atoms with Crippen molar-refractivity contribution in [2.75, 3.05) is 0 Å². The van der Waals surface area contributed by atoms with Gasteiger partial charge in [0.05, 0.1) is 3.79 Å². The maximum absolute atomic E-state index is 3.74. The molecule has 0 amide bonds. The van der Waals surface area contributed by atoms with E-state index in [0.29, 0.717) is 0 Å². The van der Waals surface area contributed by atoms with Gasteiger partial charge in [0.25, 0.3) is 0 Å². The van der Waals surface area contributed by atoms with Crippen LogP contribution < -0.4 is 5.32 Å². The number of hydrogen-bond acceptors (Lipinski definition) is 2. The first-order chi connectivity index (χ1) is 8.63. The van der Waals surface area contributed by atoms with Crippen LogP contribution in [0.25, 0.3) is 0 Å². The molecule has 1 heterocycles. The molecular weight excluding hydrogens is 306 g/mol. The monoisotopic (exact) mass is 329 g/mol. The minimum absolute atomic E-state index is 0.739. The van der Waals surface area contributed by atoms with Crippen LogP contribution in [0.1, 0.15) is 50.8 Å². The third-order valence-corrected chi connectivity index (χ3v) is 5.41. The van der Waals surface area contributed by atoms with Crippen LogP contribution in [0.2, 0.25) is 0 Å². The van der Waals surface area contributed by atoms with Crippen LogP contribution >= 0.6 is 27.3 Å². The summed E-state index contributed by atoms with van der Waals surface area (Å²) in [7, 11) is 0. The van der Waals surface area contributed by atoms with Gasteiger partial charge in [0.2, 0.25) is 0 Å². The van der Waals surface area contributed by atoms with Gasteiger partial charge in [0.15, 0.2) is 0 Å². The molecule has 1 fully saturated rings. The fourth-order valence-electron chi connectivity index (χ4n) is 3.05. The highest BCUT2D eigenvalue weighted by molar-refractivity contribution is 9.11. The molecule has 0 radical (unpaired) electrons. The number of nitrogens with one attached hydrogen (secondary N) is 1. The number of halogens is 1. The lowest BCUT2D eigenvalue weighted by Crippen LogP contribution is -2.33. The molecule has 0 saturated heterocycles. The molecule has 102 valence electrons. The Kier molecular flexibility index (Phi) is 5.71. The molecule has 1 aliphatic carbocycles. The van der Waals surface area contributed by atoms with E-state index < -0.39 is 0 Å². The van der Waals surface area contributed by atoms with Gasteiger partial charge in [-0.25, -0.2) is 0 Å². The standard InChI is InChI=1S/C15H24BrNS/c1-11(2)8-12-4-3-5-13(9-12)17-10-14-6-7-15(16)18-14/h6-7,11-13,17H,3-5,8-10H2,1-2H3. The van der Waals surface area contributed by atoms with Crippen molar-refractivity contribution in [3.63, 3.8) is 0 Å². The van der Waals surface area contributed by atoms with Gasteiger partial charge in [0.1, 0.15) is 0 Å². The van der Waals surface area contributed by atoms with E-state index in [4.69, 9.17) is 0 Å². The maximum atomic E-state index is 3.74. The van der Waals surface area contributed by atoms with E-state index in [9.17, 15) is 0 Å². The summed E-state index contributed by atoms with van der Waals surface area (Å²) < 4.78 is 1.24. The SMILES string of the molecule is CC(C)CC1CCCC(NCc2ccc(Br)s2)C1. The Morgan fingerprint density at radius 2 is 2.22 bits per heavy atom. The quantitative estimate of drug-likeness (QED) is 0.782. The molecule has 1 nitrogen and oxygen atoms in total. The first-order valence-corrected chi connectivity index (χ1v) is 8.72. The van der Waals surface area contributed by atoms with Crippen LogP contribution in [-0.4, -0.2) is 6.04 Å². The highest BCUT2D eigenvalue weighted by Crippen LogP contribution is 2.30. The minimum atomic E-state index is 0.739. The maximum Gasteiger partial charge on any atom is 0.0701 e. The van der Waals surface area contributed by atoms with Gasteiger partial charge in [0, 0.05) is 17.5 Å². The predicted octanol–water partition coefficient (Wildman–Crippen LogP) is 5.21. The third-order valence-electron chi connectivity index (χ3n) is 3.78. The zero-order chi connectivity index (χ0) is 13.0. The van der Waals surface area contributed by atoms with Crippen molar-refractivity contribution < 1.29 is 0 Å². The molecule has 1 N–H and O–H groups in total. The van der Waals surface area contributed by atoms with Gasteiger partial charge in [-0.05, 0) is 59.2 Å². The summed E-state index contributed by atoms with van der Waals surface area (Å²) in [6.45, 7) is 5.73. The van der Waals surface area contributed by atoms with Crippen molar-refractivity contribution in [3.8, 4) is 0 Å². The Balaban J connectivity index is 1.75. The molecule has 2 unspecified atom stereocenters. The summed E-state index contributed by atoms with van der Waals surface area (Å²) in [6, 6.07) is 5.10. The lowest BCUT2D eigenvalue weighted by molar-refractivity contribution is 0.252. The van der Waals surface area contributed by atoms with Gasteiger partial charge >= 0.3 is 0 Å². The Morgan fingerprint density at radius 1 is 1.39 bits per heavy atom. The topological polar surface area (TPSA) is 12.0 Å². The lowest BCUT2D eigenvalue weighted by Gasteiger charge is -2.30. The van der Waals surface area contributed by atoms with Gasteiger partial charge < -0.3 is 5.32 Å². The second kappa shape index (κ2) is 7.06. The van der Waals surface area contributed by atoms with Crippen LogP contribution in [-0.2, 0) is 6.54 Å². The Labute approximate surface area is 123 Å². The van der Waals surface area contributed by atoms with Crippen molar-refractivity contribution in [3.05, 3.63) is 20.8 Å². The highest BCUT2D eigenvalue weighted by atomic mass is 79.9. The summed E-state index contributed by atoms with van der Waals surface area (Å²) in [5, 5.41) is 3.74. The molecule has 2 rings (SSSR count). The molecule has 1 saturated carbocycles. The minimum Gasteiger partial charge on any atom is -0.309 e. The fraction of sp³-hybridized carbons (Fsp3) is 0.733. The smallest absolute Gasteiger partial charge is 0.0701 e. The van der Waals surface area contributed by atoms with E-state index in [1.54, 1.807) is 0 Å². The second-order valence-electron chi connectivity index (χ2n) is 5.95. The Bertz CT molecular complexity index is 361. The predicted molar refractivity (Wildman–Crippen MR) is 84.1 cm³/mol. The van der Waals surface area contributed by atoms with E-state index >= 15 is 0 Å². The van der Waals surface area contributed by atoms with Gasteiger partial charge in [-0.15, -0.1) is 11.3 Å². The summed E-state index contributed by atoms with van der Waals surface area (Å²) in [4.78, 5) is 1.44. The van der Waals surface area contributed by atoms with Gasteiger partial charge in [-0.2, -0.15) is 0 Å². The van der Waals surface area contributed by atoms with Crippen LogP contribution in [0.5, 0.6) is 0 Å². The molecule has 0 aromatic carbocycles. The molecule has 1 aliphatic rings. The zero-order valence-electron chi connectivity index (χ0n) is 11.4. The number of rotatable bonds is 5. The molecule has 1 aromatic rings. The van der Waals surface area contributed by atoms with E-state index in [-0.39, 0.29) is 0 Å². The van der Waals surface area contributed by atoms with Crippen molar-refractivity contribution >= 4 is 27.3 Å². The molecule has 18 heavy (non-hydrogen) atoms. The average molecular weight is 330 g/mol. The molecule has 3 heteroatoms. The van der Waals surface area contributed by atoms with Gasteiger partial charge in [-0.3, -0.25) is 0 Å². The summed E-state index contributed by atoms with van der Waals surface area (Å²) in [5.41, 5.74) is 0. The summed E-state index contributed by atoms with van der Waals surface area (Å²) in [6.07, 6.45) is 7.00. The van der Waals surface area contributed by atoms with E-state index in [1.165, 1.54) is 40.8 Å². The lowest BCUT2D eigenvalue weighted by atomic mass is 9.81. The molecule has 2 atom stereocenters. The van der Waals surface area contributed by atoms with Crippen molar-refractivity contribution in [1.82, 2.24) is 5.32 Å². The molecule has 0 bridgehead atoms. The summed E-state index contributed by atoms with van der Waals surface area (Å²) in [5.74, 6) is 1.80. The molecule has 1 aromatic heterocycles. The van der Waals surface area contributed by atoms with E-state index in [1.807, 2.05) is 11.3 Å². The van der Waals surface area contributed by atoms with E-state index in [0.717, 1.165) is 24.4 Å². The highest BCUT2D eigenvalue weighted by Gasteiger charge is 2.22. The Morgan fingerprint density at radius 3 is 2.89 bits per heavy atom. The number of hydrogen-bond donors (Lipinski definition) is 1. The van der Waals surface area contributed by atoms with Crippen molar-refractivity contribution in [2.24, 2.45) is 11.8 Å². The zero-order valence-corrected chi connectivity index (χ0v) is 13.8. The summed E-state index contributed by atoms with van der Waals surface area (Å²) >= 11 is 5.37. The average Bonchev–Trinajstić information content (AvgIpc) is 2.72. The van der Waals surface area contributed by atoms with Gasteiger partial charge in [-0.1, -0.05) is 26.7 Å². The fourth-order valence-corrected chi connectivity index (χ4v) is 4.48. The van der Waals surface area contributed by atoms with Crippen molar-refractivity contribution in [2.45, 2.75) is 58.5 Å². The third kappa shape index (κ3) is 4.67. The molecular formula is C15H24BrNS. The van der Waals surface area contributed by atoms with Crippen molar-refractivity contribution in [1.29, 1.82) is 0 Å². The first-order valence-electron chi connectivity index (χ1n) is 7.11. The van der Waals surface area contributed by atoms with Crippen LogP contribution in [0.4, 0.5) is 0 Å². The van der Waals surface area contributed by atoms with Crippen LogP contribution in [0, 0.1) is 11.8 Å². The molecule has 0 aliphatic heterocycles. The van der Waals surface area contributed by atoms with E-state index in [2.05, 4.69) is 47.2 Å². The molecule has 0 spiro atoms. The normalized spacial score (nSPS) is 24.7. The largest absolute Gasteiger partial charge is 0.309 e.